The Morgan fingerprint density at radius 3 is 2.88 bits per heavy atom. The Balaban J connectivity index is 2.06. The van der Waals surface area contributed by atoms with Gasteiger partial charge in [-0.3, -0.25) is 0 Å². The van der Waals surface area contributed by atoms with Gasteiger partial charge in [0.25, 0.3) is 0 Å². The van der Waals surface area contributed by atoms with Crippen molar-refractivity contribution < 1.29 is 0 Å². The van der Waals surface area contributed by atoms with Crippen LogP contribution in [0.15, 0.2) is 12.1 Å². The van der Waals surface area contributed by atoms with Crippen molar-refractivity contribution >= 4 is 32.9 Å². The second-order valence-corrected chi connectivity index (χ2v) is 6.06. The van der Waals surface area contributed by atoms with Crippen molar-refractivity contribution in [3.05, 3.63) is 17.1 Å². The summed E-state index contributed by atoms with van der Waals surface area (Å²) < 4.78 is 1.17. The second-order valence-electron chi connectivity index (χ2n) is 4.83. The van der Waals surface area contributed by atoms with E-state index in [1.54, 1.807) is 11.3 Å². The molecule has 1 aromatic carbocycles. The summed E-state index contributed by atoms with van der Waals surface area (Å²) in [6, 6.07) is 4.09. The van der Waals surface area contributed by atoms with Gasteiger partial charge in [0.2, 0.25) is 0 Å². The number of anilines is 2. The van der Waals surface area contributed by atoms with E-state index < -0.39 is 0 Å². The minimum atomic E-state index is 0.257. The number of nitrogen functional groups attached to an aromatic ring is 1. The first-order chi connectivity index (χ1) is 7.56. The topological polar surface area (TPSA) is 50.9 Å². The lowest BCUT2D eigenvalue weighted by molar-refractivity contribution is 0.830. The molecule has 3 N–H and O–H groups in total. The first-order valence-electron chi connectivity index (χ1n) is 5.51. The Labute approximate surface area is 98.7 Å². The molecular formula is C12H15N3S. The molecule has 4 heteroatoms. The quantitative estimate of drug-likeness (QED) is 0.783. The molecule has 3 rings (SSSR count). The summed E-state index contributed by atoms with van der Waals surface area (Å²) in [7, 11) is 0. The van der Waals surface area contributed by atoms with Crippen molar-refractivity contribution in [3.8, 4) is 0 Å². The number of rotatable bonds is 2. The molecule has 1 heterocycles. The van der Waals surface area contributed by atoms with Crippen LogP contribution in [0, 0.1) is 6.92 Å². The smallest absolute Gasteiger partial charge is 0.0907 e. The number of hydrogen-bond acceptors (Lipinski definition) is 4. The summed E-state index contributed by atoms with van der Waals surface area (Å²) in [6.07, 6.45) is 2.45. The van der Waals surface area contributed by atoms with Crippen molar-refractivity contribution in [1.29, 1.82) is 0 Å². The largest absolute Gasteiger partial charge is 0.397 e. The van der Waals surface area contributed by atoms with Crippen molar-refractivity contribution in [1.82, 2.24) is 4.98 Å². The van der Waals surface area contributed by atoms with E-state index >= 15 is 0 Å². The highest BCUT2D eigenvalue weighted by Gasteiger charge is 2.37. The second kappa shape index (κ2) is 3.10. The molecule has 84 valence electrons. The zero-order valence-electron chi connectivity index (χ0n) is 9.50. The highest BCUT2D eigenvalue weighted by Crippen LogP contribution is 2.40. The monoisotopic (exact) mass is 233 g/mol. The van der Waals surface area contributed by atoms with Gasteiger partial charge in [0.15, 0.2) is 0 Å². The van der Waals surface area contributed by atoms with E-state index in [4.69, 9.17) is 5.73 Å². The van der Waals surface area contributed by atoms with E-state index in [2.05, 4.69) is 23.3 Å². The number of aromatic nitrogens is 1. The molecule has 0 saturated heterocycles. The van der Waals surface area contributed by atoms with Crippen LogP contribution < -0.4 is 11.1 Å². The van der Waals surface area contributed by atoms with Crippen LogP contribution in [0.5, 0.6) is 0 Å². The molecule has 0 atom stereocenters. The van der Waals surface area contributed by atoms with Gasteiger partial charge in [-0.25, -0.2) is 4.98 Å². The molecule has 0 spiro atoms. The molecule has 0 radical (unpaired) electrons. The first kappa shape index (κ1) is 9.90. The molecule has 0 aliphatic heterocycles. The zero-order valence-corrected chi connectivity index (χ0v) is 10.3. The molecule has 0 bridgehead atoms. The Bertz CT molecular complexity index is 555. The zero-order chi connectivity index (χ0) is 11.3. The summed E-state index contributed by atoms with van der Waals surface area (Å²) in [4.78, 5) is 4.49. The maximum atomic E-state index is 6.05. The molecule has 3 nitrogen and oxygen atoms in total. The number of benzene rings is 1. The van der Waals surface area contributed by atoms with Crippen LogP contribution in [0.4, 0.5) is 11.4 Å². The van der Waals surface area contributed by atoms with Crippen LogP contribution in [0.1, 0.15) is 24.8 Å². The molecule has 16 heavy (non-hydrogen) atoms. The van der Waals surface area contributed by atoms with Crippen molar-refractivity contribution in [2.45, 2.75) is 32.2 Å². The van der Waals surface area contributed by atoms with E-state index in [1.165, 1.54) is 17.5 Å². The predicted octanol–water partition coefficient (Wildman–Crippen LogP) is 3.15. The van der Waals surface area contributed by atoms with Gasteiger partial charge in [-0.2, -0.15) is 0 Å². The van der Waals surface area contributed by atoms with Crippen LogP contribution in [-0.4, -0.2) is 10.5 Å². The van der Waals surface area contributed by atoms with Gasteiger partial charge in [-0.1, -0.05) is 0 Å². The average molecular weight is 233 g/mol. The summed E-state index contributed by atoms with van der Waals surface area (Å²) in [6.45, 7) is 4.25. The fourth-order valence-corrected chi connectivity index (χ4v) is 2.71. The molecule has 1 aliphatic rings. The number of nitrogens with one attached hydrogen (secondary N) is 1. The number of aryl methyl sites for hydroxylation is 1. The summed E-state index contributed by atoms with van der Waals surface area (Å²) >= 11 is 1.69. The molecule has 1 fully saturated rings. The number of hydrogen-bond donors (Lipinski definition) is 2. The van der Waals surface area contributed by atoms with Crippen LogP contribution in [0.3, 0.4) is 0 Å². The van der Waals surface area contributed by atoms with Crippen LogP contribution in [-0.2, 0) is 0 Å². The molecule has 2 aromatic rings. The van der Waals surface area contributed by atoms with Crippen molar-refractivity contribution in [3.63, 3.8) is 0 Å². The van der Waals surface area contributed by atoms with Gasteiger partial charge in [-0.05, 0) is 38.8 Å². The summed E-state index contributed by atoms with van der Waals surface area (Å²) in [5.74, 6) is 0. The van der Waals surface area contributed by atoms with Crippen LogP contribution in [0.2, 0.25) is 0 Å². The number of fused-ring (bicyclic) bond motifs is 1. The summed E-state index contributed by atoms with van der Waals surface area (Å²) in [5.41, 5.74) is 9.20. The molecule has 1 aliphatic carbocycles. The first-order valence-corrected chi connectivity index (χ1v) is 6.32. The van der Waals surface area contributed by atoms with Gasteiger partial charge in [0.05, 0.1) is 26.6 Å². The highest BCUT2D eigenvalue weighted by molar-refractivity contribution is 7.18. The molecule has 1 saturated carbocycles. The third kappa shape index (κ3) is 1.63. The Hall–Kier alpha value is -1.29. The number of nitrogens with two attached hydrogens (primary N) is 1. The van der Waals surface area contributed by atoms with Crippen LogP contribution in [0.25, 0.3) is 10.2 Å². The lowest BCUT2D eigenvalue weighted by Crippen LogP contribution is -2.16. The van der Waals surface area contributed by atoms with E-state index in [-0.39, 0.29) is 5.54 Å². The Morgan fingerprint density at radius 1 is 1.44 bits per heavy atom. The summed E-state index contributed by atoms with van der Waals surface area (Å²) in [5, 5.41) is 4.59. The standard InChI is InChI=1S/C12H15N3S/c1-7-14-10-6-9(15-12(2)3-4-12)8(13)5-11(10)16-7/h5-6,15H,3-4,13H2,1-2H3. The average Bonchev–Trinajstić information content (AvgIpc) is 2.80. The molecule has 0 amide bonds. The Morgan fingerprint density at radius 2 is 2.19 bits per heavy atom. The van der Waals surface area contributed by atoms with Crippen molar-refractivity contribution in [2.24, 2.45) is 0 Å². The maximum Gasteiger partial charge on any atom is 0.0907 e. The predicted molar refractivity (Wildman–Crippen MR) is 70.0 cm³/mol. The highest BCUT2D eigenvalue weighted by atomic mass is 32.1. The fourth-order valence-electron chi connectivity index (χ4n) is 1.85. The van der Waals surface area contributed by atoms with Gasteiger partial charge < -0.3 is 11.1 Å². The minimum absolute atomic E-state index is 0.257. The van der Waals surface area contributed by atoms with E-state index in [9.17, 15) is 0 Å². The SMILES string of the molecule is Cc1nc2cc(NC3(C)CC3)c(N)cc2s1. The number of nitrogens with zero attached hydrogens (tertiary/aromatic N) is 1. The van der Waals surface area contributed by atoms with Gasteiger partial charge in [-0.15, -0.1) is 11.3 Å². The Kier molecular flexibility index (Phi) is 1.92. The minimum Gasteiger partial charge on any atom is -0.397 e. The van der Waals surface area contributed by atoms with E-state index in [0.717, 1.165) is 21.9 Å². The lowest BCUT2D eigenvalue weighted by atomic mass is 10.2. The van der Waals surface area contributed by atoms with Crippen LogP contribution >= 0.6 is 11.3 Å². The van der Waals surface area contributed by atoms with Crippen molar-refractivity contribution in [2.75, 3.05) is 11.1 Å². The third-order valence-corrected chi connectivity index (χ3v) is 4.04. The molecule has 0 unspecified atom stereocenters. The molecular weight excluding hydrogens is 218 g/mol. The van der Waals surface area contributed by atoms with Gasteiger partial charge in [0, 0.05) is 5.54 Å². The molecule has 1 aromatic heterocycles. The maximum absolute atomic E-state index is 6.05. The third-order valence-electron chi connectivity index (χ3n) is 3.10. The van der Waals surface area contributed by atoms with Gasteiger partial charge in [0.1, 0.15) is 0 Å². The lowest BCUT2D eigenvalue weighted by Gasteiger charge is -2.15. The normalized spacial score (nSPS) is 17.6. The van der Waals surface area contributed by atoms with Gasteiger partial charge >= 0.3 is 0 Å². The van der Waals surface area contributed by atoms with E-state index in [1.807, 2.05) is 13.0 Å². The number of thiazole rings is 1. The van der Waals surface area contributed by atoms with E-state index in [0.29, 0.717) is 0 Å². The fraction of sp³-hybridized carbons (Fsp3) is 0.417.